The molecule has 0 spiro atoms. The number of benzene rings is 1. The molecule has 0 saturated heterocycles. The second-order valence-corrected chi connectivity index (χ2v) is 9.06. The van der Waals surface area contributed by atoms with Gasteiger partial charge in [0, 0.05) is 12.8 Å². The van der Waals surface area contributed by atoms with Crippen molar-refractivity contribution in [1.29, 1.82) is 0 Å². The van der Waals surface area contributed by atoms with Crippen LogP contribution in [0.3, 0.4) is 0 Å². The summed E-state index contributed by atoms with van der Waals surface area (Å²) in [6.45, 7) is 2.49. The van der Waals surface area contributed by atoms with E-state index in [-0.39, 0.29) is 5.56 Å². The van der Waals surface area contributed by atoms with Crippen molar-refractivity contribution in [1.82, 2.24) is 0 Å². The Morgan fingerprint density at radius 1 is 0.846 bits per heavy atom. The quantitative estimate of drug-likeness (QED) is 0.365. The molecule has 148 valence electrons. The minimum absolute atomic E-state index is 0.109. The highest BCUT2D eigenvalue weighted by molar-refractivity contribution is 6.65. The summed E-state index contributed by atoms with van der Waals surface area (Å²) in [7, 11) is -2.73. The molecule has 26 heavy (non-hydrogen) atoms. The molecule has 0 unspecified atom stereocenters. The van der Waals surface area contributed by atoms with E-state index in [1.54, 1.807) is 6.07 Å². The lowest BCUT2D eigenvalue weighted by atomic mass is 9.98. The Bertz CT molecular complexity index is 618. The molecule has 0 aliphatic heterocycles. The molecule has 0 radical (unpaired) electrons. The van der Waals surface area contributed by atoms with Crippen molar-refractivity contribution < 1.29 is 39.5 Å². The maximum absolute atomic E-state index is 14.4. The van der Waals surface area contributed by atoms with Gasteiger partial charge < -0.3 is 0 Å². The SMILES string of the molecule is C[SiH](C)C(=Cc1ccccc1)C(F)(F)C(F)(F)C(F)(F)CCC(F)(F)F. The normalized spacial score (nSPS) is 14.8. The predicted octanol–water partition coefficient (Wildman–Crippen LogP) is 6.34. The molecule has 0 heterocycles. The molecule has 0 aliphatic rings. The van der Waals surface area contributed by atoms with Crippen molar-refractivity contribution in [2.45, 2.75) is 49.9 Å². The van der Waals surface area contributed by atoms with Crippen molar-refractivity contribution in [3.05, 3.63) is 41.1 Å². The monoisotopic (exact) mass is 408 g/mol. The van der Waals surface area contributed by atoms with Crippen molar-refractivity contribution in [2.24, 2.45) is 0 Å². The molecule has 1 aromatic carbocycles. The Labute approximate surface area is 146 Å². The fourth-order valence-electron chi connectivity index (χ4n) is 2.22. The van der Waals surface area contributed by atoms with Crippen LogP contribution < -0.4 is 0 Å². The van der Waals surface area contributed by atoms with Crippen molar-refractivity contribution in [3.63, 3.8) is 0 Å². The van der Waals surface area contributed by atoms with Gasteiger partial charge in [-0.05, 0) is 10.8 Å². The number of hydrogen-bond donors (Lipinski definition) is 0. The largest absolute Gasteiger partial charge is 0.389 e. The van der Waals surface area contributed by atoms with Gasteiger partial charge in [0.2, 0.25) is 0 Å². The van der Waals surface area contributed by atoms with E-state index in [0.29, 0.717) is 6.08 Å². The average Bonchev–Trinajstić information content (AvgIpc) is 2.50. The molecule has 0 nitrogen and oxygen atoms in total. The first-order chi connectivity index (χ1) is 11.6. The number of halogens is 9. The fourth-order valence-corrected chi connectivity index (χ4v) is 3.65. The van der Waals surface area contributed by atoms with Gasteiger partial charge in [-0.2, -0.15) is 39.5 Å². The topological polar surface area (TPSA) is 0 Å². The van der Waals surface area contributed by atoms with Gasteiger partial charge in [0.15, 0.2) is 0 Å². The number of hydrogen-bond acceptors (Lipinski definition) is 0. The van der Waals surface area contributed by atoms with E-state index < -0.39 is 50.8 Å². The first-order valence-electron chi connectivity index (χ1n) is 7.59. The zero-order valence-corrected chi connectivity index (χ0v) is 15.0. The summed E-state index contributed by atoms with van der Waals surface area (Å²) in [6.07, 6.45) is -9.16. The van der Waals surface area contributed by atoms with Gasteiger partial charge >= 0.3 is 23.9 Å². The van der Waals surface area contributed by atoms with Crippen LogP contribution in [-0.2, 0) is 0 Å². The molecule has 0 amide bonds. The van der Waals surface area contributed by atoms with Crippen LogP contribution >= 0.6 is 0 Å². The molecule has 10 heteroatoms. The maximum Gasteiger partial charge on any atom is 0.389 e. The molecule has 0 aromatic heterocycles. The highest BCUT2D eigenvalue weighted by Crippen LogP contribution is 2.52. The summed E-state index contributed by atoms with van der Waals surface area (Å²) in [5, 5.41) is -1.15. The van der Waals surface area contributed by atoms with Crippen molar-refractivity contribution in [2.75, 3.05) is 0 Å². The summed E-state index contributed by atoms with van der Waals surface area (Å²) < 4.78 is 120. The third-order valence-electron chi connectivity index (χ3n) is 3.68. The Hall–Kier alpha value is -1.45. The van der Waals surface area contributed by atoms with Gasteiger partial charge in [-0.1, -0.05) is 49.5 Å². The summed E-state index contributed by atoms with van der Waals surface area (Å²) in [6, 6.07) is 7.08. The van der Waals surface area contributed by atoms with Gasteiger partial charge in [0.1, 0.15) is 0 Å². The highest BCUT2D eigenvalue weighted by Gasteiger charge is 2.72. The number of rotatable bonds is 7. The maximum atomic E-state index is 14.4. The average molecular weight is 408 g/mol. The van der Waals surface area contributed by atoms with Crippen LogP contribution in [0.1, 0.15) is 18.4 Å². The summed E-state index contributed by atoms with van der Waals surface area (Å²) in [4.78, 5) is 0. The zero-order chi connectivity index (χ0) is 20.4. The minimum atomic E-state index is -5.96. The molecule has 1 aromatic rings. The molecule has 0 saturated carbocycles. The standard InChI is InChI=1S/C16H17F9Si/c1-26(2)12(10-11-6-4-3-5-7-11)15(22,23)16(24,25)13(17,18)8-9-14(19,20)21/h3-7,10,26H,8-9H2,1-2H3. The Balaban J connectivity index is 3.30. The van der Waals surface area contributed by atoms with Crippen LogP contribution in [0.4, 0.5) is 39.5 Å². The molecule has 0 aliphatic carbocycles. The molecular formula is C16H17F9Si. The lowest BCUT2D eigenvalue weighted by Crippen LogP contribution is -2.56. The van der Waals surface area contributed by atoms with Gasteiger partial charge in [-0.15, -0.1) is 0 Å². The van der Waals surface area contributed by atoms with Crippen LogP contribution in [0.5, 0.6) is 0 Å². The Morgan fingerprint density at radius 2 is 1.35 bits per heavy atom. The molecule has 0 bridgehead atoms. The molecule has 0 N–H and O–H groups in total. The second-order valence-electron chi connectivity index (χ2n) is 6.13. The van der Waals surface area contributed by atoms with E-state index >= 15 is 0 Å². The Kier molecular flexibility index (Phi) is 6.65. The fraction of sp³-hybridized carbons (Fsp3) is 0.500. The third-order valence-corrected chi connectivity index (χ3v) is 5.46. The van der Waals surface area contributed by atoms with E-state index in [9.17, 15) is 39.5 Å². The van der Waals surface area contributed by atoms with Gasteiger partial charge in [-0.3, -0.25) is 0 Å². The highest BCUT2D eigenvalue weighted by atomic mass is 28.3. The third kappa shape index (κ3) is 5.05. The van der Waals surface area contributed by atoms with E-state index in [0.717, 1.165) is 0 Å². The Morgan fingerprint density at radius 3 is 1.77 bits per heavy atom. The van der Waals surface area contributed by atoms with Crippen LogP contribution in [0, 0.1) is 0 Å². The predicted molar refractivity (Wildman–Crippen MR) is 83.4 cm³/mol. The van der Waals surface area contributed by atoms with Crippen LogP contribution in [0.2, 0.25) is 13.1 Å². The number of allylic oxidation sites excluding steroid dienone is 1. The molecular weight excluding hydrogens is 391 g/mol. The van der Waals surface area contributed by atoms with Gasteiger partial charge in [0.05, 0.1) is 8.80 Å². The lowest BCUT2D eigenvalue weighted by molar-refractivity contribution is -0.300. The van der Waals surface area contributed by atoms with E-state index in [1.165, 1.54) is 37.4 Å². The van der Waals surface area contributed by atoms with Crippen molar-refractivity contribution in [3.8, 4) is 0 Å². The van der Waals surface area contributed by atoms with E-state index in [1.807, 2.05) is 0 Å². The summed E-state index contributed by atoms with van der Waals surface area (Å²) in [5.41, 5.74) is 0.109. The zero-order valence-electron chi connectivity index (χ0n) is 13.9. The number of alkyl halides is 9. The first kappa shape index (κ1) is 22.6. The molecule has 0 atom stereocenters. The first-order valence-corrected chi connectivity index (χ1v) is 10.5. The van der Waals surface area contributed by atoms with Gasteiger partial charge in [-0.25, -0.2) is 0 Å². The summed E-state index contributed by atoms with van der Waals surface area (Å²) in [5.74, 6) is -16.8. The lowest BCUT2D eigenvalue weighted by Gasteiger charge is -2.35. The smallest absolute Gasteiger partial charge is 0.200 e. The molecule has 1 rings (SSSR count). The minimum Gasteiger partial charge on any atom is -0.200 e. The second kappa shape index (κ2) is 7.65. The van der Waals surface area contributed by atoms with Crippen LogP contribution in [-0.4, -0.2) is 32.7 Å². The summed E-state index contributed by atoms with van der Waals surface area (Å²) >= 11 is 0. The van der Waals surface area contributed by atoms with Gasteiger partial charge in [0.25, 0.3) is 0 Å². The van der Waals surface area contributed by atoms with Crippen LogP contribution in [0.25, 0.3) is 6.08 Å². The molecule has 0 fully saturated rings. The van der Waals surface area contributed by atoms with Crippen molar-refractivity contribution >= 4 is 14.9 Å². The van der Waals surface area contributed by atoms with E-state index in [4.69, 9.17) is 0 Å². The van der Waals surface area contributed by atoms with E-state index in [2.05, 4.69) is 0 Å². The van der Waals surface area contributed by atoms with Crippen LogP contribution in [0.15, 0.2) is 35.5 Å².